The van der Waals surface area contributed by atoms with Crippen LogP contribution in [-0.4, -0.2) is 59.4 Å². The lowest BCUT2D eigenvalue weighted by Gasteiger charge is -2.40. The van der Waals surface area contributed by atoms with E-state index in [1.165, 1.54) is 25.3 Å². The predicted molar refractivity (Wildman–Crippen MR) is 108 cm³/mol. The van der Waals surface area contributed by atoms with E-state index < -0.39 is 0 Å². The van der Waals surface area contributed by atoms with Crippen LogP contribution >= 0.6 is 11.6 Å². The number of ether oxygens (including phenoxy) is 1. The number of methoxy groups -OCH3 is 1. The van der Waals surface area contributed by atoms with Gasteiger partial charge in [0.2, 0.25) is 0 Å². The summed E-state index contributed by atoms with van der Waals surface area (Å²) in [5, 5.41) is 4.95. The second-order valence-electron chi connectivity index (χ2n) is 8.22. The van der Waals surface area contributed by atoms with Crippen LogP contribution in [0.5, 0.6) is 5.75 Å². The molecule has 2 aromatic rings. The van der Waals surface area contributed by atoms with Gasteiger partial charge in [0.1, 0.15) is 11.6 Å². The van der Waals surface area contributed by atoms with E-state index in [-0.39, 0.29) is 5.82 Å². The Bertz CT molecular complexity index is 813. The van der Waals surface area contributed by atoms with Gasteiger partial charge in [0.25, 0.3) is 0 Å². The highest BCUT2D eigenvalue weighted by Gasteiger charge is 2.41. The molecule has 1 aromatic carbocycles. The van der Waals surface area contributed by atoms with E-state index in [9.17, 15) is 4.39 Å². The van der Waals surface area contributed by atoms with Gasteiger partial charge in [0.05, 0.1) is 24.9 Å². The molecule has 0 amide bonds. The Morgan fingerprint density at radius 1 is 1.18 bits per heavy atom. The lowest BCUT2D eigenvalue weighted by molar-refractivity contribution is 0.0860. The molecule has 0 aliphatic carbocycles. The Hall–Kier alpha value is -1.63. The third-order valence-corrected chi connectivity index (χ3v) is 6.35. The summed E-state index contributed by atoms with van der Waals surface area (Å²) in [6.07, 6.45) is 7.20. The second kappa shape index (κ2) is 8.39. The van der Waals surface area contributed by atoms with Gasteiger partial charge in [-0.25, -0.2) is 4.39 Å². The van der Waals surface area contributed by atoms with Crippen LogP contribution in [0.1, 0.15) is 24.8 Å². The average molecular weight is 407 g/mol. The first-order chi connectivity index (χ1) is 13.5. The standard InChI is InChI=1S/C21H28ClFN4O/c1-28-19-3-4-20(23)17(11-19)13-26-7-2-5-21(16-26)6-8-25(15-21)9-10-27-14-18(22)12-24-27/h3-4,11-12,14H,2,5-10,13,15-16H2,1H3. The fraction of sp³-hybridized carbons (Fsp3) is 0.571. The fourth-order valence-corrected chi connectivity index (χ4v) is 4.90. The minimum Gasteiger partial charge on any atom is -0.497 e. The zero-order chi connectivity index (χ0) is 19.6. The molecule has 2 aliphatic heterocycles. The topological polar surface area (TPSA) is 33.5 Å². The van der Waals surface area contributed by atoms with E-state index >= 15 is 0 Å². The van der Waals surface area contributed by atoms with E-state index in [1.807, 2.05) is 16.9 Å². The Labute approximate surface area is 171 Å². The number of aromatic nitrogens is 2. The fourth-order valence-electron chi connectivity index (χ4n) is 4.74. The molecule has 4 rings (SSSR count). The molecule has 1 aromatic heterocycles. The molecule has 5 nitrogen and oxygen atoms in total. The summed E-state index contributed by atoms with van der Waals surface area (Å²) < 4.78 is 21.4. The smallest absolute Gasteiger partial charge is 0.127 e. The molecule has 3 heterocycles. The van der Waals surface area contributed by atoms with Crippen LogP contribution < -0.4 is 4.74 Å². The normalized spacial score (nSPS) is 23.5. The minimum absolute atomic E-state index is 0.147. The van der Waals surface area contributed by atoms with E-state index in [0.29, 0.717) is 22.7 Å². The highest BCUT2D eigenvalue weighted by Crippen LogP contribution is 2.39. The maximum absolute atomic E-state index is 14.2. The van der Waals surface area contributed by atoms with Gasteiger partial charge >= 0.3 is 0 Å². The van der Waals surface area contributed by atoms with Gasteiger partial charge in [-0.05, 0) is 56.0 Å². The van der Waals surface area contributed by atoms with Crippen LogP contribution in [0.15, 0.2) is 30.6 Å². The number of rotatable bonds is 6. The Morgan fingerprint density at radius 3 is 2.82 bits per heavy atom. The molecule has 0 bridgehead atoms. The van der Waals surface area contributed by atoms with Crippen molar-refractivity contribution in [1.82, 2.24) is 19.6 Å². The van der Waals surface area contributed by atoms with Crippen molar-refractivity contribution >= 4 is 11.6 Å². The largest absolute Gasteiger partial charge is 0.497 e. The molecule has 2 saturated heterocycles. The highest BCUT2D eigenvalue weighted by atomic mass is 35.5. The molecule has 7 heteroatoms. The Balaban J connectivity index is 1.34. The third kappa shape index (κ3) is 4.50. The number of benzene rings is 1. The molecule has 28 heavy (non-hydrogen) atoms. The first kappa shape index (κ1) is 19.7. The molecule has 0 N–H and O–H groups in total. The molecular weight excluding hydrogens is 379 g/mol. The van der Waals surface area contributed by atoms with Gasteiger partial charge in [-0.1, -0.05) is 11.6 Å². The van der Waals surface area contributed by atoms with Crippen molar-refractivity contribution in [2.75, 3.05) is 39.8 Å². The predicted octanol–water partition coefficient (Wildman–Crippen LogP) is 3.67. The van der Waals surface area contributed by atoms with Crippen LogP contribution in [0.4, 0.5) is 4.39 Å². The minimum atomic E-state index is -0.147. The van der Waals surface area contributed by atoms with Crippen molar-refractivity contribution in [2.24, 2.45) is 5.41 Å². The van der Waals surface area contributed by atoms with Crippen molar-refractivity contribution in [1.29, 1.82) is 0 Å². The van der Waals surface area contributed by atoms with Crippen molar-refractivity contribution < 1.29 is 9.13 Å². The van der Waals surface area contributed by atoms with E-state index in [2.05, 4.69) is 14.9 Å². The van der Waals surface area contributed by atoms with Crippen molar-refractivity contribution in [2.45, 2.75) is 32.4 Å². The van der Waals surface area contributed by atoms with Gasteiger partial charge < -0.3 is 9.64 Å². The van der Waals surface area contributed by atoms with E-state index in [4.69, 9.17) is 16.3 Å². The van der Waals surface area contributed by atoms with Gasteiger partial charge in [-0.3, -0.25) is 9.58 Å². The monoisotopic (exact) mass is 406 g/mol. The number of hydrogen-bond acceptors (Lipinski definition) is 4. The first-order valence-corrected chi connectivity index (χ1v) is 10.4. The Morgan fingerprint density at radius 2 is 2.04 bits per heavy atom. The van der Waals surface area contributed by atoms with Gasteiger partial charge in [-0.2, -0.15) is 5.10 Å². The Kier molecular flexibility index (Phi) is 5.90. The lowest BCUT2D eigenvalue weighted by atomic mass is 9.79. The molecule has 2 aliphatic rings. The average Bonchev–Trinajstić information content (AvgIpc) is 3.28. The number of nitrogens with zero attached hydrogens (tertiary/aromatic N) is 4. The number of piperidine rings is 1. The number of likely N-dealkylation sites (tertiary alicyclic amines) is 2. The summed E-state index contributed by atoms with van der Waals surface area (Å²) in [6, 6.07) is 5.01. The van der Waals surface area contributed by atoms with Crippen molar-refractivity contribution in [3.63, 3.8) is 0 Å². The first-order valence-electron chi connectivity index (χ1n) is 10.0. The maximum atomic E-state index is 14.2. The molecule has 0 saturated carbocycles. The molecule has 1 unspecified atom stereocenters. The quantitative estimate of drug-likeness (QED) is 0.732. The molecule has 0 radical (unpaired) electrons. The van der Waals surface area contributed by atoms with Crippen LogP contribution in [-0.2, 0) is 13.1 Å². The van der Waals surface area contributed by atoms with Crippen molar-refractivity contribution in [3.05, 3.63) is 47.0 Å². The molecular formula is C21H28ClFN4O. The van der Waals surface area contributed by atoms with Crippen LogP contribution in [0.3, 0.4) is 0 Å². The van der Waals surface area contributed by atoms with E-state index in [0.717, 1.165) is 44.8 Å². The summed E-state index contributed by atoms with van der Waals surface area (Å²) in [5.74, 6) is 0.570. The van der Waals surface area contributed by atoms with Crippen LogP contribution in [0.25, 0.3) is 0 Å². The highest BCUT2D eigenvalue weighted by molar-refractivity contribution is 6.30. The van der Waals surface area contributed by atoms with Crippen LogP contribution in [0, 0.1) is 11.2 Å². The van der Waals surface area contributed by atoms with Gasteiger partial charge in [0, 0.05) is 37.9 Å². The summed E-state index contributed by atoms with van der Waals surface area (Å²) in [5.41, 5.74) is 1.05. The second-order valence-corrected chi connectivity index (χ2v) is 8.66. The molecule has 2 fully saturated rings. The van der Waals surface area contributed by atoms with Crippen LogP contribution in [0.2, 0.25) is 5.02 Å². The number of hydrogen-bond donors (Lipinski definition) is 0. The zero-order valence-corrected chi connectivity index (χ0v) is 17.2. The van der Waals surface area contributed by atoms with E-state index in [1.54, 1.807) is 19.4 Å². The summed E-state index contributed by atoms with van der Waals surface area (Å²) >= 11 is 5.95. The van der Waals surface area contributed by atoms with Gasteiger partial charge in [0.15, 0.2) is 0 Å². The molecule has 1 atom stereocenters. The summed E-state index contributed by atoms with van der Waals surface area (Å²) in [4.78, 5) is 4.95. The molecule has 1 spiro atoms. The third-order valence-electron chi connectivity index (χ3n) is 6.15. The molecule has 152 valence electrons. The lowest BCUT2D eigenvalue weighted by Crippen LogP contribution is -2.44. The maximum Gasteiger partial charge on any atom is 0.127 e. The van der Waals surface area contributed by atoms with Gasteiger partial charge in [-0.15, -0.1) is 0 Å². The SMILES string of the molecule is COc1ccc(F)c(CN2CCCC3(CCN(CCn4cc(Cl)cn4)C3)C2)c1. The number of halogens is 2. The zero-order valence-electron chi connectivity index (χ0n) is 16.4. The van der Waals surface area contributed by atoms with Crippen molar-refractivity contribution in [3.8, 4) is 5.75 Å². The summed E-state index contributed by atoms with van der Waals surface area (Å²) in [6.45, 7) is 6.80. The summed E-state index contributed by atoms with van der Waals surface area (Å²) in [7, 11) is 1.62.